The van der Waals surface area contributed by atoms with E-state index in [-0.39, 0.29) is 6.04 Å². The maximum Gasteiger partial charge on any atom is 0.134 e. The van der Waals surface area contributed by atoms with Crippen molar-refractivity contribution < 1.29 is 4.42 Å². The Labute approximate surface area is 96.0 Å². The highest BCUT2D eigenvalue weighted by Crippen LogP contribution is 2.23. The Balaban J connectivity index is 2.30. The number of nitrogens with one attached hydrogen (secondary N) is 1. The summed E-state index contributed by atoms with van der Waals surface area (Å²) in [5, 5.41) is 4.44. The van der Waals surface area contributed by atoms with E-state index >= 15 is 0 Å². The van der Waals surface area contributed by atoms with Crippen molar-refractivity contribution in [3.05, 3.63) is 36.1 Å². The molecule has 1 aromatic carbocycles. The van der Waals surface area contributed by atoms with E-state index in [1.54, 1.807) is 0 Å². The predicted octanol–water partition coefficient (Wildman–Crippen LogP) is 2.25. The van der Waals surface area contributed by atoms with Crippen LogP contribution in [0.15, 0.2) is 34.7 Å². The summed E-state index contributed by atoms with van der Waals surface area (Å²) in [6.45, 7) is 0.927. The van der Waals surface area contributed by atoms with Crippen molar-refractivity contribution in [2.45, 2.75) is 6.04 Å². The predicted molar refractivity (Wildman–Crippen MR) is 66.6 cm³/mol. The number of hydrogen-bond donors (Lipinski definition) is 1. The van der Waals surface area contributed by atoms with Crippen LogP contribution in [0.25, 0.3) is 11.0 Å². The van der Waals surface area contributed by atoms with Gasteiger partial charge in [-0.05, 0) is 33.3 Å². The molecular formula is C13H18N2O. The Bertz CT molecular complexity index is 429. The van der Waals surface area contributed by atoms with Crippen molar-refractivity contribution >= 4 is 11.0 Å². The molecule has 0 bridgehead atoms. The highest BCUT2D eigenvalue weighted by molar-refractivity contribution is 5.77. The Morgan fingerprint density at radius 1 is 1.31 bits per heavy atom. The van der Waals surface area contributed by atoms with Crippen LogP contribution in [-0.4, -0.2) is 32.6 Å². The van der Waals surface area contributed by atoms with E-state index in [9.17, 15) is 0 Å². The lowest BCUT2D eigenvalue weighted by atomic mass is 10.2. The van der Waals surface area contributed by atoms with Gasteiger partial charge in [0.05, 0.1) is 6.04 Å². The summed E-state index contributed by atoms with van der Waals surface area (Å²) in [6.07, 6.45) is 0. The van der Waals surface area contributed by atoms with E-state index in [2.05, 4.69) is 36.4 Å². The smallest absolute Gasteiger partial charge is 0.134 e. The Kier molecular flexibility index (Phi) is 3.27. The summed E-state index contributed by atoms with van der Waals surface area (Å²) >= 11 is 0. The van der Waals surface area contributed by atoms with E-state index in [4.69, 9.17) is 4.42 Å². The van der Waals surface area contributed by atoms with Crippen molar-refractivity contribution in [3.63, 3.8) is 0 Å². The number of rotatable bonds is 4. The number of furan rings is 1. The summed E-state index contributed by atoms with van der Waals surface area (Å²) in [5.74, 6) is 0.998. The van der Waals surface area contributed by atoms with Crippen molar-refractivity contribution in [2.24, 2.45) is 0 Å². The van der Waals surface area contributed by atoms with Gasteiger partial charge in [-0.2, -0.15) is 0 Å². The third kappa shape index (κ3) is 2.26. The molecule has 0 spiro atoms. The van der Waals surface area contributed by atoms with Crippen LogP contribution >= 0.6 is 0 Å². The van der Waals surface area contributed by atoms with Gasteiger partial charge in [-0.3, -0.25) is 0 Å². The SMILES string of the molecule is CNC(CN(C)C)c1cc2ccccc2o1. The average molecular weight is 218 g/mol. The van der Waals surface area contributed by atoms with Crippen molar-refractivity contribution in [1.29, 1.82) is 0 Å². The first-order valence-electron chi connectivity index (χ1n) is 5.51. The lowest BCUT2D eigenvalue weighted by Gasteiger charge is -2.18. The fraction of sp³-hybridized carbons (Fsp3) is 0.385. The number of benzene rings is 1. The van der Waals surface area contributed by atoms with E-state index < -0.39 is 0 Å². The molecule has 1 N–H and O–H groups in total. The fourth-order valence-corrected chi connectivity index (χ4v) is 1.86. The van der Waals surface area contributed by atoms with Gasteiger partial charge in [-0.1, -0.05) is 18.2 Å². The van der Waals surface area contributed by atoms with Crippen LogP contribution in [0.3, 0.4) is 0 Å². The number of nitrogens with zero attached hydrogens (tertiary/aromatic N) is 1. The van der Waals surface area contributed by atoms with Gasteiger partial charge in [0.15, 0.2) is 0 Å². The molecule has 1 aromatic heterocycles. The summed E-state index contributed by atoms with van der Waals surface area (Å²) in [6, 6.07) is 10.5. The largest absolute Gasteiger partial charge is 0.459 e. The molecule has 0 radical (unpaired) electrons. The van der Waals surface area contributed by atoms with E-state index in [1.807, 2.05) is 25.2 Å². The average Bonchev–Trinajstić information content (AvgIpc) is 2.68. The minimum Gasteiger partial charge on any atom is -0.459 e. The van der Waals surface area contributed by atoms with Crippen LogP contribution in [0.1, 0.15) is 11.8 Å². The van der Waals surface area contributed by atoms with E-state index in [0.29, 0.717) is 0 Å². The van der Waals surface area contributed by atoms with Gasteiger partial charge in [0.25, 0.3) is 0 Å². The van der Waals surface area contributed by atoms with Crippen molar-refractivity contribution in [1.82, 2.24) is 10.2 Å². The molecule has 0 fully saturated rings. The Morgan fingerprint density at radius 3 is 2.69 bits per heavy atom. The van der Waals surface area contributed by atoms with Crippen molar-refractivity contribution in [2.75, 3.05) is 27.7 Å². The highest BCUT2D eigenvalue weighted by Gasteiger charge is 2.14. The van der Waals surface area contributed by atoms with Crippen LogP contribution in [0.2, 0.25) is 0 Å². The van der Waals surface area contributed by atoms with Gasteiger partial charge in [-0.25, -0.2) is 0 Å². The normalized spacial score (nSPS) is 13.5. The first-order chi connectivity index (χ1) is 7.70. The number of para-hydroxylation sites is 1. The molecule has 3 nitrogen and oxygen atoms in total. The summed E-state index contributed by atoms with van der Waals surface area (Å²) in [4.78, 5) is 2.15. The topological polar surface area (TPSA) is 28.4 Å². The lowest BCUT2D eigenvalue weighted by Crippen LogP contribution is -2.28. The minimum atomic E-state index is 0.238. The standard InChI is InChI=1S/C13H18N2O/c1-14-11(9-15(2)3)13-8-10-6-4-5-7-12(10)16-13/h4-8,11,14H,9H2,1-3H3. The van der Waals surface area contributed by atoms with Gasteiger partial charge in [0.1, 0.15) is 11.3 Å². The summed E-state index contributed by atoms with van der Waals surface area (Å²) in [7, 11) is 6.08. The summed E-state index contributed by atoms with van der Waals surface area (Å²) in [5.41, 5.74) is 0.955. The van der Waals surface area contributed by atoms with Crippen molar-refractivity contribution in [3.8, 4) is 0 Å². The van der Waals surface area contributed by atoms with Gasteiger partial charge in [0.2, 0.25) is 0 Å². The second kappa shape index (κ2) is 4.68. The molecule has 0 amide bonds. The Morgan fingerprint density at radius 2 is 2.06 bits per heavy atom. The van der Waals surface area contributed by atoms with Crippen LogP contribution < -0.4 is 5.32 Å². The highest BCUT2D eigenvalue weighted by atomic mass is 16.3. The molecule has 2 rings (SSSR count). The monoisotopic (exact) mass is 218 g/mol. The molecule has 0 aliphatic rings. The maximum atomic E-state index is 5.83. The first kappa shape index (κ1) is 11.2. The molecule has 0 saturated carbocycles. The van der Waals surface area contributed by atoms with Gasteiger partial charge in [-0.15, -0.1) is 0 Å². The van der Waals surface area contributed by atoms with Gasteiger partial charge in [0, 0.05) is 11.9 Å². The molecule has 86 valence electrons. The molecule has 0 aliphatic heterocycles. The second-order valence-electron chi connectivity index (χ2n) is 4.29. The summed E-state index contributed by atoms with van der Waals surface area (Å²) < 4.78 is 5.83. The molecule has 1 atom stereocenters. The number of hydrogen-bond acceptors (Lipinski definition) is 3. The zero-order valence-corrected chi connectivity index (χ0v) is 10.0. The third-order valence-electron chi connectivity index (χ3n) is 2.68. The zero-order valence-electron chi connectivity index (χ0n) is 10.0. The Hall–Kier alpha value is -1.32. The quantitative estimate of drug-likeness (QED) is 0.853. The number of fused-ring (bicyclic) bond motifs is 1. The second-order valence-corrected chi connectivity index (χ2v) is 4.29. The molecular weight excluding hydrogens is 200 g/mol. The van der Waals surface area contributed by atoms with Crippen LogP contribution in [0.5, 0.6) is 0 Å². The molecule has 1 unspecified atom stereocenters. The van der Waals surface area contributed by atoms with Gasteiger partial charge < -0.3 is 14.6 Å². The third-order valence-corrected chi connectivity index (χ3v) is 2.68. The lowest BCUT2D eigenvalue weighted by molar-refractivity contribution is 0.324. The molecule has 0 saturated heterocycles. The molecule has 2 aromatic rings. The van der Waals surface area contributed by atoms with Crippen LogP contribution in [0, 0.1) is 0 Å². The van der Waals surface area contributed by atoms with Gasteiger partial charge >= 0.3 is 0 Å². The first-order valence-corrected chi connectivity index (χ1v) is 5.51. The zero-order chi connectivity index (χ0) is 11.5. The van der Waals surface area contributed by atoms with E-state index in [0.717, 1.165) is 23.3 Å². The maximum absolute atomic E-state index is 5.83. The molecule has 1 heterocycles. The number of likely N-dealkylation sites (N-methyl/N-ethyl adjacent to an activating group) is 2. The minimum absolute atomic E-state index is 0.238. The molecule has 16 heavy (non-hydrogen) atoms. The molecule has 0 aliphatic carbocycles. The fourth-order valence-electron chi connectivity index (χ4n) is 1.86. The molecule has 3 heteroatoms. The van der Waals surface area contributed by atoms with E-state index in [1.165, 1.54) is 0 Å². The van der Waals surface area contributed by atoms with Crippen LogP contribution in [-0.2, 0) is 0 Å². The van der Waals surface area contributed by atoms with Crippen LogP contribution in [0.4, 0.5) is 0 Å².